The zero-order valence-corrected chi connectivity index (χ0v) is 15.6. The lowest BCUT2D eigenvalue weighted by Gasteiger charge is -2.04. The fourth-order valence-electron chi connectivity index (χ4n) is 2.42. The van der Waals surface area contributed by atoms with Crippen LogP contribution in [-0.2, 0) is 9.59 Å². The van der Waals surface area contributed by atoms with Gasteiger partial charge in [-0.25, -0.2) is 0 Å². The standard InChI is InChI=1S/C19H35NO2S/c1-2-3-4-5-6-7-8-9-10-11-12-13-14-18(17-21)23-16-15-19(20)22/h13-14,17-18H,2-12,15-16H2,1H3,(H2,20,22)/b14-13-. The van der Waals surface area contributed by atoms with Crippen LogP contribution in [-0.4, -0.2) is 23.2 Å². The molecule has 23 heavy (non-hydrogen) atoms. The molecular weight excluding hydrogens is 306 g/mol. The SMILES string of the molecule is CCCCCCCCCCCC/C=C\C(C=O)SCCC(N)=O. The Labute approximate surface area is 146 Å². The molecule has 0 saturated heterocycles. The molecular formula is C19H35NO2S. The van der Waals surface area contributed by atoms with E-state index in [-0.39, 0.29) is 11.2 Å². The Balaban J connectivity index is 3.40. The van der Waals surface area contributed by atoms with E-state index >= 15 is 0 Å². The smallest absolute Gasteiger partial charge is 0.218 e. The number of hydrogen-bond acceptors (Lipinski definition) is 3. The summed E-state index contributed by atoms with van der Waals surface area (Å²) in [5.74, 6) is 0.304. The van der Waals surface area contributed by atoms with Crippen LogP contribution in [0.3, 0.4) is 0 Å². The van der Waals surface area contributed by atoms with Gasteiger partial charge in [-0.2, -0.15) is 0 Å². The topological polar surface area (TPSA) is 60.2 Å². The molecule has 0 heterocycles. The van der Waals surface area contributed by atoms with Gasteiger partial charge in [-0.3, -0.25) is 4.79 Å². The van der Waals surface area contributed by atoms with Crippen LogP contribution in [0.5, 0.6) is 0 Å². The number of amides is 1. The van der Waals surface area contributed by atoms with Crippen LogP contribution in [0.15, 0.2) is 12.2 Å². The van der Waals surface area contributed by atoms with Crippen LogP contribution in [0.2, 0.25) is 0 Å². The zero-order valence-electron chi connectivity index (χ0n) is 14.8. The minimum Gasteiger partial charge on any atom is -0.370 e. The third kappa shape index (κ3) is 17.4. The van der Waals surface area contributed by atoms with E-state index in [1.165, 1.54) is 76.0 Å². The number of carbonyl (C=O) groups is 2. The van der Waals surface area contributed by atoms with Gasteiger partial charge >= 0.3 is 0 Å². The molecule has 0 fully saturated rings. The molecule has 1 unspecified atom stereocenters. The number of unbranched alkanes of at least 4 members (excludes halogenated alkanes) is 10. The van der Waals surface area contributed by atoms with E-state index < -0.39 is 0 Å². The van der Waals surface area contributed by atoms with Crippen molar-refractivity contribution < 1.29 is 9.59 Å². The van der Waals surface area contributed by atoms with Crippen LogP contribution < -0.4 is 5.73 Å². The summed E-state index contributed by atoms with van der Waals surface area (Å²) >= 11 is 1.48. The van der Waals surface area contributed by atoms with Gasteiger partial charge in [0.25, 0.3) is 0 Å². The molecule has 1 amide bonds. The first-order valence-electron chi connectivity index (χ1n) is 9.22. The monoisotopic (exact) mass is 341 g/mol. The number of allylic oxidation sites excluding steroid dienone is 1. The molecule has 0 rings (SSSR count). The third-order valence-electron chi connectivity index (χ3n) is 3.84. The molecule has 0 bridgehead atoms. The minimum absolute atomic E-state index is 0.141. The summed E-state index contributed by atoms with van der Waals surface area (Å²) in [6, 6.07) is 0. The maximum atomic E-state index is 10.9. The number of hydrogen-bond donors (Lipinski definition) is 1. The van der Waals surface area contributed by atoms with Crippen molar-refractivity contribution in [3.05, 3.63) is 12.2 Å². The fourth-order valence-corrected chi connectivity index (χ4v) is 3.31. The second kappa shape index (κ2) is 17.6. The Kier molecular flexibility index (Phi) is 17.0. The summed E-state index contributed by atoms with van der Waals surface area (Å²) in [5.41, 5.74) is 5.08. The normalized spacial score (nSPS) is 12.6. The molecule has 0 aromatic carbocycles. The van der Waals surface area contributed by atoms with Crippen molar-refractivity contribution in [2.75, 3.05) is 5.75 Å². The Bertz CT molecular complexity index is 318. The molecule has 0 aliphatic rings. The fraction of sp³-hybridized carbons (Fsp3) is 0.789. The molecule has 0 spiro atoms. The number of primary amides is 1. The summed E-state index contributed by atoms with van der Waals surface area (Å²) in [7, 11) is 0. The highest BCUT2D eigenvalue weighted by Crippen LogP contribution is 2.14. The zero-order chi connectivity index (χ0) is 17.2. The Hall–Kier alpha value is -0.770. The molecule has 1 atom stereocenters. The van der Waals surface area contributed by atoms with Crippen LogP contribution in [0.25, 0.3) is 0 Å². The highest BCUT2D eigenvalue weighted by molar-refractivity contribution is 8.00. The molecule has 0 aromatic rings. The van der Waals surface area contributed by atoms with Gasteiger partial charge in [-0.05, 0) is 12.8 Å². The van der Waals surface area contributed by atoms with Crippen LogP contribution >= 0.6 is 11.8 Å². The summed E-state index contributed by atoms with van der Waals surface area (Å²) in [6.45, 7) is 2.26. The van der Waals surface area contributed by atoms with E-state index in [1.54, 1.807) is 0 Å². The molecule has 4 heteroatoms. The van der Waals surface area contributed by atoms with Gasteiger partial charge in [-0.1, -0.05) is 76.9 Å². The van der Waals surface area contributed by atoms with Crippen LogP contribution in [0.1, 0.15) is 84.0 Å². The second-order valence-electron chi connectivity index (χ2n) is 6.09. The maximum absolute atomic E-state index is 10.9. The third-order valence-corrected chi connectivity index (χ3v) is 4.94. The van der Waals surface area contributed by atoms with E-state index in [9.17, 15) is 9.59 Å². The van der Waals surface area contributed by atoms with Crippen molar-refractivity contribution in [1.29, 1.82) is 0 Å². The largest absolute Gasteiger partial charge is 0.370 e. The quantitative estimate of drug-likeness (QED) is 0.229. The van der Waals surface area contributed by atoms with Gasteiger partial charge < -0.3 is 10.5 Å². The number of carbonyl (C=O) groups excluding carboxylic acids is 2. The predicted octanol–water partition coefficient (Wildman–Crippen LogP) is 5.03. The average molecular weight is 342 g/mol. The van der Waals surface area contributed by atoms with Gasteiger partial charge in [0.2, 0.25) is 5.91 Å². The lowest BCUT2D eigenvalue weighted by atomic mass is 10.1. The van der Waals surface area contributed by atoms with Crippen molar-refractivity contribution in [3.8, 4) is 0 Å². The van der Waals surface area contributed by atoms with Crippen molar-refractivity contribution in [1.82, 2.24) is 0 Å². The molecule has 0 saturated carbocycles. The lowest BCUT2D eigenvalue weighted by molar-refractivity contribution is -0.117. The molecule has 0 aliphatic heterocycles. The van der Waals surface area contributed by atoms with Gasteiger partial charge in [-0.15, -0.1) is 11.8 Å². The van der Waals surface area contributed by atoms with Crippen molar-refractivity contribution in [2.45, 2.75) is 89.2 Å². The highest BCUT2D eigenvalue weighted by Gasteiger charge is 2.04. The number of nitrogens with two attached hydrogens (primary N) is 1. The molecule has 2 N–H and O–H groups in total. The second-order valence-corrected chi connectivity index (χ2v) is 7.37. The van der Waals surface area contributed by atoms with Gasteiger partial charge in [0, 0.05) is 12.2 Å². The molecule has 0 aromatic heterocycles. The maximum Gasteiger partial charge on any atom is 0.218 e. The molecule has 134 valence electrons. The summed E-state index contributed by atoms with van der Waals surface area (Å²) in [6.07, 6.45) is 19.8. The highest BCUT2D eigenvalue weighted by atomic mass is 32.2. The summed E-state index contributed by atoms with van der Waals surface area (Å²) < 4.78 is 0. The first-order valence-corrected chi connectivity index (χ1v) is 10.3. The Morgan fingerprint density at radius 3 is 2.09 bits per heavy atom. The molecule has 0 radical (unpaired) electrons. The average Bonchev–Trinajstić information content (AvgIpc) is 2.53. The van der Waals surface area contributed by atoms with E-state index in [0.717, 1.165) is 12.7 Å². The van der Waals surface area contributed by atoms with Crippen molar-refractivity contribution in [2.24, 2.45) is 5.73 Å². The Morgan fingerprint density at radius 1 is 1.00 bits per heavy atom. The summed E-state index contributed by atoms with van der Waals surface area (Å²) in [5, 5.41) is -0.141. The number of aldehydes is 1. The molecule has 0 aliphatic carbocycles. The van der Waals surface area contributed by atoms with Crippen molar-refractivity contribution >= 4 is 24.0 Å². The first kappa shape index (κ1) is 22.2. The number of rotatable bonds is 17. The first-order chi connectivity index (χ1) is 11.2. The van der Waals surface area contributed by atoms with E-state index in [2.05, 4.69) is 13.0 Å². The van der Waals surface area contributed by atoms with E-state index in [4.69, 9.17) is 5.73 Å². The summed E-state index contributed by atoms with van der Waals surface area (Å²) in [4.78, 5) is 21.6. The predicted molar refractivity (Wildman–Crippen MR) is 102 cm³/mol. The lowest BCUT2D eigenvalue weighted by Crippen LogP contribution is -2.12. The van der Waals surface area contributed by atoms with Gasteiger partial charge in [0.1, 0.15) is 6.29 Å². The van der Waals surface area contributed by atoms with Crippen LogP contribution in [0.4, 0.5) is 0 Å². The van der Waals surface area contributed by atoms with E-state index in [1.807, 2.05) is 6.08 Å². The molecule has 3 nitrogen and oxygen atoms in total. The minimum atomic E-state index is -0.309. The van der Waals surface area contributed by atoms with E-state index in [0.29, 0.717) is 12.2 Å². The van der Waals surface area contributed by atoms with Gasteiger partial charge in [0.15, 0.2) is 0 Å². The Morgan fingerprint density at radius 2 is 1.57 bits per heavy atom. The van der Waals surface area contributed by atoms with Gasteiger partial charge in [0.05, 0.1) is 5.25 Å². The van der Waals surface area contributed by atoms with Crippen molar-refractivity contribution in [3.63, 3.8) is 0 Å². The van der Waals surface area contributed by atoms with Crippen LogP contribution in [0, 0.1) is 0 Å². The number of thioether (sulfide) groups is 1.